The molecule has 5 heteroatoms. The monoisotopic (exact) mass is 372 g/mol. The maximum Gasteiger partial charge on any atom is 0.203 e. The van der Waals surface area contributed by atoms with Crippen LogP contribution in [-0.4, -0.2) is 31.9 Å². The molecule has 7 atom stereocenters. The lowest BCUT2D eigenvalue weighted by Crippen LogP contribution is -2.67. The molecule has 4 aliphatic rings. The quantitative estimate of drug-likeness (QED) is 0.743. The van der Waals surface area contributed by atoms with Crippen molar-refractivity contribution in [1.82, 2.24) is 0 Å². The van der Waals surface area contributed by atoms with Crippen molar-refractivity contribution in [2.45, 2.75) is 40.2 Å². The Morgan fingerprint density at radius 1 is 1.19 bits per heavy atom. The average Bonchev–Trinajstić information content (AvgIpc) is 2.62. The second kappa shape index (κ2) is 5.73. The van der Waals surface area contributed by atoms with Crippen molar-refractivity contribution in [3.05, 3.63) is 35.5 Å². The molecule has 0 radical (unpaired) electrons. The number of rotatable bonds is 2. The van der Waals surface area contributed by atoms with Crippen LogP contribution in [0.5, 0.6) is 0 Å². The van der Waals surface area contributed by atoms with E-state index in [1.165, 1.54) is 14.2 Å². The molecule has 0 aromatic heterocycles. The summed E-state index contributed by atoms with van der Waals surface area (Å²) in [5.41, 5.74) is -0.417. The Balaban J connectivity index is 1.99. The minimum atomic E-state index is -0.848. The van der Waals surface area contributed by atoms with Gasteiger partial charge >= 0.3 is 0 Å². The molecular weight excluding hydrogens is 344 g/mol. The molecule has 0 amide bonds. The van der Waals surface area contributed by atoms with Crippen molar-refractivity contribution in [3.8, 4) is 0 Å². The van der Waals surface area contributed by atoms with Crippen molar-refractivity contribution in [2.24, 2.45) is 34.5 Å². The number of allylic oxidation sites excluding steroid dienone is 5. The van der Waals surface area contributed by atoms with Gasteiger partial charge in [0.05, 0.1) is 20.5 Å². The van der Waals surface area contributed by atoms with Gasteiger partial charge in [-0.3, -0.25) is 9.59 Å². The largest absolute Gasteiger partial charge is 0.498 e. The zero-order valence-electron chi connectivity index (χ0n) is 16.9. The van der Waals surface area contributed by atoms with E-state index < -0.39 is 16.7 Å². The average molecular weight is 372 g/mol. The van der Waals surface area contributed by atoms with E-state index in [1.54, 1.807) is 6.26 Å². The summed E-state index contributed by atoms with van der Waals surface area (Å²) >= 11 is 0. The van der Waals surface area contributed by atoms with Crippen LogP contribution in [0.25, 0.3) is 0 Å². The summed E-state index contributed by atoms with van der Waals surface area (Å²) in [5, 5.41) is 0. The van der Waals surface area contributed by atoms with E-state index in [9.17, 15) is 9.59 Å². The second-order valence-electron chi connectivity index (χ2n) is 8.86. The zero-order valence-corrected chi connectivity index (χ0v) is 16.9. The predicted octanol–water partition coefficient (Wildman–Crippen LogP) is 3.42. The number of ketones is 2. The first-order valence-corrected chi connectivity index (χ1v) is 9.64. The second-order valence-corrected chi connectivity index (χ2v) is 8.86. The number of ether oxygens (including phenoxy) is 3. The fourth-order valence-electron chi connectivity index (χ4n) is 6.59. The van der Waals surface area contributed by atoms with Crippen molar-refractivity contribution < 1.29 is 23.8 Å². The minimum Gasteiger partial charge on any atom is -0.498 e. The Labute approximate surface area is 160 Å². The molecule has 0 aromatic carbocycles. The molecule has 0 N–H and O–H groups in total. The Morgan fingerprint density at radius 2 is 1.89 bits per heavy atom. The molecule has 4 rings (SSSR count). The molecule has 5 nitrogen and oxygen atoms in total. The Morgan fingerprint density at radius 3 is 2.52 bits per heavy atom. The third-order valence-corrected chi connectivity index (χ3v) is 7.83. The van der Waals surface area contributed by atoms with E-state index in [0.717, 1.165) is 12.0 Å². The lowest BCUT2D eigenvalue weighted by atomic mass is 9.40. The van der Waals surface area contributed by atoms with E-state index in [2.05, 4.69) is 13.8 Å². The molecule has 4 unspecified atom stereocenters. The minimum absolute atomic E-state index is 0.00619. The van der Waals surface area contributed by atoms with Crippen LogP contribution < -0.4 is 0 Å². The first kappa shape index (κ1) is 18.3. The first-order chi connectivity index (χ1) is 12.7. The summed E-state index contributed by atoms with van der Waals surface area (Å²) in [5.74, 6) is 0.222. The van der Waals surface area contributed by atoms with E-state index in [4.69, 9.17) is 14.2 Å². The molecule has 27 heavy (non-hydrogen) atoms. The Hall–Kier alpha value is -2.04. The summed E-state index contributed by atoms with van der Waals surface area (Å²) in [6.07, 6.45) is 6.31. The molecule has 1 saturated carbocycles. The number of carbonyl (C=O) groups excluding carboxylic acids is 2. The van der Waals surface area contributed by atoms with Gasteiger partial charge < -0.3 is 14.2 Å². The number of methoxy groups -OCH3 is 2. The highest BCUT2D eigenvalue weighted by atomic mass is 16.5. The third kappa shape index (κ3) is 2.00. The number of hydrogen-bond acceptors (Lipinski definition) is 5. The topological polar surface area (TPSA) is 61.8 Å². The molecule has 0 spiro atoms. The summed E-state index contributed by atoms with van der Waals surface area (Å²) in [6, 6.07) is 0. The molecule has 1 heterocycles. The van der Waals surface area contributed by atoms with Gasteiger partial charge in [-0.1, -0.05) is 20.8 Å². The highest BCUT2D eigenvalue weighted by Gasteiger charge is 2.70. The van der Waals surface area contributed by atoms with Gasteiger partial charge in [0.2, 0.25) is 11.6 Å². The maximum atomic E-state index is 13.7. The molecule has 1 aliphatic heterocycles. The van der Waals surface area contributed by atoms with Gasteiger partial charge in [0.15, 0.2) is 11.5 Å². The van der Waals surface area contributed by atoms with Crippen molar-refractivity contribution in [2.75, 3.05) is 14.2 Å². The smallest absolute Gasteiger partial charge is 0.203 e. The molecule has 0 bridgehead atoms. The van der Waals surface area contributed by atoms with E-state index >= 15 is 0 Å². The van der Waals surface area contributed by atoms with Crippen LogP contribution in [0.3, 0.4) is 0 Å². The SMILES string of the molecule is COC1=C[C@@H](C)[C@@H]2CC3OC=CC4C(C)=C(OC)C(=O)[C@@H](C34C)C2(C)C1=O. The Kier molecular flexibility index (Phi) is 3.89. The number of fused-ring (bicyclic) bond motifs is 2. The van der Waals surface area contributed by atoms with Crippen LogP contribution in [0.15, 0.2) is 35.5 Å². The van der Waals surface area contributed by atoms with Crippen LogP contribution >= 0.6 is 0 Å². The van der Waals surface area contributed by atoms with Crippen LogP contribution in [-0.2, 0) is 23.8 Å². The summed E-state index contributed by atoms with van der Waals surface area (Å²) < 4.78 is 17.0. The highest BCUT2D eigenvalue weighted by molar-refractivity contribution is 6.07. The fourth-order valence-corrected chi connectivity index (χ4v) is 6.59. The van der Waals surface area contributed by atoms with Gasteiger partial charge in [-0.25, -0.2) is 0 Å². The van der Waals surface area contributed by atoms with Crippen molar-refractivity contribution >= 4 is 11.6 Å². The zero-order chi connectivity index (χ0) is 19.7. The van der Waals surface area contributed by atoms with Crippen molar-refractivity contribution in [3.63, 3.8) is 0 Å². The van der Waals surface area contributed by atoms with E-state index in [1.807, 2.05) is 26.0 Å². The third-order valence-electron chi connectivity index (χ3n) is 7.83. The van der Waals surface area contributed by atoms with Crippen LogP contribution in [0.2, 0.25) is 0 Å². The fraction of sp³-hybridized carbons (Fsp3) is 0.636. The van der Waals surface area contributed by atoms with Gasteiger partial charge in [-0.15, -0.1) is 0 Å². The van der Waals surface area contributed by atoms with Crippen LogP contribution in [0.1, 0.15) is 34.1 Å². The molecule has 0 aromatic rings. The summed E-state index contributed by atoms with van der Waals surface area (Å²) in [7, 11) is 3.06. The number of carbonyl (C=O) groups is 2. The van der Waals surface area contributed by atoms with Gasteiger partial charge in [0.1, 0.15) is 6.10 Å². The van der Waals surface area contributed by atoms with Gasteiger partial charge in [0, 0.05) is 22.7 Å². The van der Waals surface area contributed by atoms with Gasteiger partial charge in [-0.2, -0.15) is 0 Å². The van der Waals surface area contributed by atoms with Crippen LogP contribution in [0, 0.1) is 34.5 Å². The Bertz CT molecular complexity index is 806. The molecule has 0 saturated heterocycles. The molecular formula is C22H28O5. The molecule has 1 fully saturated rings. The first-order valence-electron chi connectivity index (χ1n) is 9.64. The van der Waals surface area contributed by atoms with Crippen molar-refractivity contribution in [1.29, 1.82) is 0 Å². The lowest BCUT2D eigenvalue weighted by Gasteiger charge is -2.63. The number of Topliss-reactive ketones (excluding diaryl/α,β-unsaturated/α-hetero) is 2. The normalized spacial score (nSPS) is 45.6. The predicted molar refractivity (Wildman–Crippen MR) is 99.3 cm³/mol. The summed E-state index contributed by atoms with van der Waals surface area (Å²) in [4.78, 5) is 27.2. The summed E-state index contributed by atoms with van der Waals surface area (Å²) in [6.45, 7) is 8.11. The maximum absolute atomic E-state index is 13.7. The standard InChI is InChI=1S/C22H28O5/c1-11-9-15(25-5)20(24)22(4)14(11)10-16-21(3)13(7-8-27-16)12(2)18(26-6)17(23)19(21)22/h7-9,11,13-14,16,19H,10H2,1-6H3/t11-,13?,14+,16?,19+,21?,22?/m1/s1. The molecule has 146 valence electrons. The van der Waals surface area contributed by atoms with Gasteiger partial charge in [-0.05, 0) is 42.9 Å². The number of hydrogen-bond donors (Lipinski definition) is 0. The van der Waals surface area contributed by atoms with Crippen LogP contribution in [0.4, 0.5) is 0 Å². The molecule has 3 aliphatic carbocycles. The van der Waals surface area contributed by atoms with E-state index in [0.29, 0.717) is 11.5 Å². The lowest BCUT2D eigenvalue weighted by molar-refractivity contribution is -0.190. The van der Waals surface area contributed by atoms with Gasteiger partial charge in [0.25, 0.3) is 0 Å². The highest BCUT2D eigenvalue weighted by Crippen LogP contribution is 2.66. The van der Waals surface area contributed by atoms with E-state index in [-0.39, 0.29) is 35.4 Å².